The molecule has 0 aliphatic rings. The number of anilines is 1. The van der Waals surface area contributed by atoms with Crippen molar-refractivity contribution in [3.8, 4) is 5.75 Å². The fourth-order valence-corrected chi connectivity index (χ4v) is 1.73. The molecule has 0 saturated carbocycles. The predicted molar refractivity (Wildman–Crippen MR) is 76.3 cm³/mol. The van der Waals surface area contributed by atoms with Gasteiger partial charge in [0.2, 0.25) is 5.91 Å². The average Bonchev–Trinajstić information content (AvgIpc) is 2.39. The normalized spacial score (nSPS) is 10.0. The Kier molecular flexibility index (Phi) is 4.18. The summed E-state index contributed by atoms with van der Waals surface area (Å²) in [6, 6.07) is 15.6. The summed E-state index contributed by atoms with van der Waals surface area (Å²) in [5, 5.41) is 2.75. The van der Waals surface area contributed by atoms with Gasteiger partial charge in [-0.15, -0.1) is 0 Å². The van der Waals surface area contributed by atoms with Gasteiger partial charge in [-0.2, -0.15) is 0 Å². The Bertz CT molecular complexity index is 561. The molecule has 2 aromatic carbocycles. The smallest absolute Gasteiger partial charge is 0.221 e. The number of hydrogen-bond acceptors (Lipinski definition) is 2. The first kappa shape index (κ1) is 13.1. The molecule has 0 aliphatic carbocycles. The molecule has 0 fully saturated rings. The number of para-hydroxylation sites is 2. The minimum Gasteiger partial charge on any atom is -0.487 e. The van der Waals surface area contributed by atoms with Crippen LogP contribution in [0.1, 0.15) is 18.1 Å². The molecule has 19 heavy (non-hydrogen) atoms. The van der Waals surface area contributed by atoms with Gasteiger partial charge in [0.15, 0.2) is 0 Å². The molecule has 0 aliphatic heterocycles. The molecule has 0 heterocycles. The van der Waals surface area contributed by atoms with Crippen LogP contribution in [0.15, 0.2) is 48.5 Å². The van der Waals surface area contributed by atoms with Crippen molar-refractivity contribution in [3.05, 3.63) is 59.7 Å². The lowest BCUT2D eigenvalue weighted by Gasteiger charge is -2.11. The van der Waals surface area contributed by atoms with Gasteiger partial charge in [0.05, 0.1) is 5.69 Å². The number of aryl methyl sites for hydroxylation is 1. The Morgan fingerprint density at radius 2 is 1.79 bits per heavy atom. The summed E-state index contributed by atoms with van der Waals surface area (Å²) in [6.07, 6.45) is 0. The fraction of sp³-hybridized carbons (Fsp3) is 0.188. The second kappa shape index (κ2) is 6.05. The summed E-state index contributed by atoms with van der Waals surface area (Å²) < 4.78 is 5.75. The van der Waals surface area contributed by atoms with E-state index in [0.29, 0.717) is 18.0 Å². The van der Waals surface area contributed by atoms with Gasteiger partial charge in [0.1, 0.15) is 12.4 Å². The third kappa shape index (κ3) is 3.85. The highest BCUT2D eigenvalue weighted by molar-refractivity contribution is 5.90. The van der Waals surface area contributed by atoms with Gasteiger partial charge in [0, 0.05) is 6.92 Å². The van der Waals surface area contributed by atoms with Crippen molar-refractivity contribution in [3.63, 3.8) is 0 Å². The quantitative estimate of drug-likeness (QED) is 0.907. The molecule has 3 heteroatoms. The van der Waals surface area contributed by atoms with Crippen molar-refractivity contribution in [2.75, 3.05) is 5.32 Å². The summed E-state index contributed by atoms with van der Waals surface area (Å²) in [4.78, 5) is 11.1. The van der Waals surface area contributed by atoms with Crippen molar-refractivity contribution < 1.29 is 9.53 Å². The second-order valence-corrected chi connectivity index (χ2v) is 4.45. The fourth-order valence-electron chi connectivity index (χ4n) is 1.73. The third-order valence-electron chi connectivity index (χ3n) is 2.71. The van der Waals surface area contributed by atoms with E-state index in [9.17, 15) is 4.79 Å². The van der Waals surface area contributed by atoms with E-state index in [1.165, 1.54) is 12.5 Å². The monoisotopic (exact) mass is 255 g/mol. The van der Waals surface area contributed by atoms with Gasteiger partial charge in [0.25, 0.3) is 0 Å². The maximum Gasteiger partial charge on any atom is 0.221 e. The van der Waals surface area contributed by atoms with Crippen molar-refractivity contribution in [2.24, 2.45) is 0 Å². The molecule has 2 aromatic rings. The summed E-state index contributed by atoms with van der Waals surface area (Å²) in [6.45, 7) is 4.02. The van der Waals surface area contributed by atoms with Crippen LogP contribution in [0, 0.1) is 6.92 Å². The van der Waals surface area contributed by atoms with Crippen LogP contribution in [0.2, 0.25) is 0 Å². The minimum absolute atomic E-state index is 0.105. The molecule has 0 spiro atoms. The van der Waals surface area contributed by atoms with Gasteiger partial charge < -0.3 is 10.1 Å². The Morgan fingerprint density at radius 1 is 1.11 bits per heavy atom. The van der Waals surface area contributed by atoms with Crippen LogP contribution in [-0.4, -0.2) is 5.91 Å². The molecule has 1 amide bonds. The van der Waals surface area contributed by atoms with Crippen LogP contribution in [0.4, 0.5) is 5.69 Å². The lowest BCUT2D eigenvalue weighted by Crippen LogP contribution is -2.07. The number of amides is 1. The molecule has 0 saturated heterocycles. The molecule has 1 N–H and O–H groups in total. The Hall–Kier alpha value is -2.29. The molecule has 0 unspecified atom stereocenters. The van der Waals surface area contributed by atoms with Gasteiger partial charge in [-0.3, -0.25) is 4.79 Å². The lowest BCUT2D eigenvalue weighted by molar-refractivity contribution is -0.114. The molecule has 0 atom stereocenters. The SMILES string of the molecule is CC(=O)Nc1ccccc1OCc1ccc(C)cc1. The summed E-state index contributed by atoms with van der Waals surface area (Å²) in [5.74, 6) is 0.574. The van der Waals surface area contributed by atoms with Crippen molar-refractivity contribution in [1.29, 1.82) is 0 Å². The zero-order valence-electron chi connectivity index (χ0n) is 11.1. The highest BCUT2D eigenvalue weighted by atomic mass is 16.5. The molecule has 3 nitrogen and oxygen atoms in total. The van der Waals surface area contributed by atoms with E-state index in [1.54, 1.807) is 0 Å². The van der Waals surface area contributed by atoms with Gasteiger partial charge in [-0.05, 0) is 24.6 Å². The second-order valence-electron chi connectivity index (χ2n) is 4.45. The van der Waals surface area contributed by atoms with E-state index in [-0.39, 0.29) is 5.91 Å². The van der Waals surface area contributed by atoms with Gasteiger partial charge >= 0.3 is 0 Å². The number of rotatable bonds is 4. The van der Waals surface area contributed by atoms with Crippen molar-refractivity contribution in [2.45, 2.75) is 20.5 Å². The van der Waals surface area contributed by atoms with E-state index in [2.05, 4.69) is 24.4 Å². The first-order valence-electron chi connectivity index (χ1n) is 6.20. The van der Waals surface area contributed by atoms with Gasteiger partial charge in [-0.1, -0.05) is 42.0 Å². The third-order valence-corrected chi connectivity index (χ3v) is 2.71. The summed E-state index contributed by atoms with van der Waals surface area (Å²) in [7, 11) is 0. The molecular formula is C16H17NO2. The molecule has 0 radical (unpaired) electrons. The van der Waals surface area contributed by atoms with Gasteiger partial charge in [-0.25, -0.2) is 0 Å². The maximum absolute atomic E-state index is 11.1. The van der Waals surface area contributed by atoms with Crippen LogP contribution < -0.4 is 10.1 Å². The number of hydrogen-bond donors (Lipinski definition) is 1. The summed E-state index contributed by atoms with van der Waals surface area (Å²) in [5.41, 5.74) is 3.02. The Balaban J connectivity index is 2.06. The number of benzene rings is 2. The highest BCUT2D eigenvalue weighted by Crippen LogP contribution is 2.24. The number of ether oxygens (including phenoxy) is 1. The molecule has 98 valence electrons. The predicted octanol–water partition coefficient (Wildman–Crippen LogP) is 3.53. The highest BCUT2D eigenvalue weighted by Gasteiger charge is 2.04. The standard InChI is InChI=1S/C16H17NO2/c1-12-7-9-14(10-8-12)11-19-16-6-4-3-5-15(16)17-13(2)18/h3-10H,11H2,1-2H3,(H,17,18). The Labute approximate surface area is 113 Å². The minimum atomic E-state index is -0.105. The van der Waals surface area contributed by atoms with Crippen LogP contribution in [0.5, 0.6) is 5.75 Å². The zero-order valence-corrected chi connectivity index (χ0v) is 11.1. The molecule has 0 aromatic heterocycles. The molecule has 0 bridgehead atoms. The topological polar surface area (TPSA) is 38.3 Å². The van der Waals surface area contributed by atoms with Crippen molar-refractivity contribution >= 4 is 11.6 Å². The Morgan fingerprint density at radius 3 is 2.47 bits per heavy atom. The van der Waals surface area contributed by atoms with E-state index in [4.69, 9.17) is 4.74 Å². The number of nitrogens with one attached hydrogen (secondary N) is 1. The first-order valence-corrected chi connectivity index (χ1v) is 6.20. The first-order chi connectivity index (χ1) is 9.15. The molecular weight excluding hydrogens is 238 g/mol. The largest absolute Gasteiger partial charge is 0.487 e. The summed E-state index contributed by atoms with van der Waals surface area (Å²) >= 11 is 0. The number of carbonyl (C=O) groups excluding carboxylic acids is 1. The van der Waals surface area contributed by atoms with Crippen LogP contribution in [0.25, 0.3) is 0 Å². The van der Waals surface area contributed by atoms with E-state index in [1.807, 2.05) is 36.4 Å². The number of carbonyl (C=O) groups is 1. The lowest BCUT2D eigenvalue weighted by atomic mass is 10.2. The maximum atomic E-state index is 11.1. The van der Waals surface area contributed by atoms with E-state index >= 15 is 0 Å². The zero-order chi connectivity index (χ0) is 13.7. The van der Waals surface area contributed by atoms with Crippen LogP contribution >= 0.6 is 0 Å². The van der Waals surface area contributed by atoms with Crippen molar-refractivity contribution in [1.82, 2.24) is 0 Å². The molecule has 2 rings (SSSR count). The van der Waals surface area contributed by atoms with E-state index in [0.717, 1.165) is 5.56 Å². The average molecular weight is 255 g/mol. The van der Waals surface area contributed by atoms with Crippen LogP contribution in [-0.2, 0) is 11.4 Å². The van der Waals surface area contributed by atoms with Crippen LogP contribution in [0.3, 0.4) is 0 Å². The van der Waals surface area contributed by atoms with E-state index < -0.39 is 0 Å².